The molecule has 2 aliphatic rings. The van der Waals surface area contributed by atoms with Crippen molar-refractivity contribution in [2.24, 2.45) is 0 Å². The molecular weight excluding hydrogens is 208 g/mol. The number of likely N-dealkylation sites (tertiary alicyclic amines) is 1. The van der Waals surface area contributed by atoms with Gasteiger partial charge in [-0.15, -0.1) is 0 Å². The molecule has 0 aromatic carbocycles. The molecule has 1 atom stereocenters. The van der Waals surface area contributed by atoms with Crippen LogP contribution in [0, 0.1) is 0 Å². The number of ether oxygens (including phenoxy) is 1. The lowest BCUT2D eigenvalue weighted by atomic mass is 10.1. The molecule has 0 N–H and O–H groups in total. The first-order valence-corrected chi connectivity index (χ1v) is 5.84. The minimum absolute atomic E-state index is 0.0164. The number of piperidine rings is 1. The van der Waals surface area contributed by atoms with Gasteiger partial charge in [-0.1, -0.05) is 0 Å². The quantitative estimate of drug-likeness (QED) is 0.652. The zero-order chi connectivity index (χ0) is 11.4. The molecule has 89 valence electrons. The summed E-state index contributed by atoms with van der Waals surface area (Å²) >= 11 is 0. The van der Waals surface area contributed by atoms with E-state index in [1.165, 1.54) is 11.3 Å². The summed E-state index contributed by atoms with van der Waals surface area (Å²) in [4.78, 5) is 26.2. The Balaban J connectivity index is 1.97. The predicted octanol–water partition coefficient (Wildman–Crippen LogP) is -0.233. The summed E-state index contributed by atoms with van der Waals surface area (Å²) in [7, 11) is 0. The zero-order valence-corrected chi connectivity index (χ0v) is 9.35. The van der Waals surface area contributed by atoms with Crippen LogP contribution in [-0.2, 0) is 14.3 Å². The van der Waals surface area contributed by atoms with Gasteiger partial charge >= 0.3 is 6.41 Å². The highest BCUT2D eigenvalue weighted by Gasteiger charge is 2.32. The van der Waals surface area contributed by atoms with Gasteiger partial charge < -0.3 is 14.5 Å². The van der Waals surface area contributed by atoms with Crippen molar-refractivity contribution in [3.05, 3.63) is 0 Å². The normalized spacial score (nSPS) is 26.6. The first-order chi connectivity index (χ1) is 7.83. The van der Waals surface area contributed by atoms with Crippen LogP contribution in [0.4, 0.5) is 0 Å². The van der Waals surface area contributed by atoms with Crippen LogP contribution < -0.4 is 0 Å². The highest BCUT2D eigenvalue weighted by molar-refractivity contribution is 5.84. The number of rotatable bonds is 2. The second kappa shape index (κ2) is 5.30. The number of morpholine rings is 1. The zero-order valence-electron chi connectivity index (χ0n) is 9.35. The summed E-state index contributed by atoms with van der Waals surface area (Å²) in [5.74, 6) is 0.0164. The Bertz CT molecular complexity index is 264. The van der Waals surface area contributed by atoms with Crippen molar-refractivity contribution in [2.45, 2.75) is 25.3 Å². The van der Waals surface area contributed by atoms with Crippen molar-refractivity contribution in [3.63, 3.8) is 0 Å². The van der Waals surface area contributed by atoms with Crippen LogP contribution in [0.2, 0.25) is 0 Å². The van der Waals surface area contributed by atoms with Gasteiger partial charge in [-0.3, -0.25) is 9.59 Å². The number of hydrogen-bond acceptors (Lipinski definition) is 3. The molecule has 2 aliphatic heterocycles. The molecule has 5 nitrogen and oxygen atoms in total. The molecule has 2 heterocycles. The summed E-state index contributed by atoms with van der Waals surface area (Å²) in [6, 6.07) is -0.454. The first kappa shape index (κ1) is 11.4. The second-order valence-electron chi connectivity index (χ2n) is 4.26. The third kappa shape index (κ3) is 2.35. The molecule has 5 heteroatoms. The molecule has 2 rings (SSSR count). The van der Waals surface area contributed by atoms with Crippen molar-refractivity contribution in [1.82, 2.24) is 9.80 Å². The topological polar surface area (TPSA) is 49.9 Å². The maximum absolute atomic E-state index is 12.1. The highest BCUT2D eigenvalue weighted by Crippen LogP contribution is 2.14. The van der Waals surface area contributed by atoms with Crippen molar-refractivity contribution >= 4 is 12.3 Å². The average molecular weight is 225 g/mol. The lowest BCUT2D eigenvalue weighted by molar-refractivity contribution is -0.141. The first-order valence-electron chi connectivity index (χ1n) is 5.84. The summed E-state index contributed by atoms with van der Waals surface area (Å²) < 4.78 is 5.26. The molecule has 0 bridgehead atoms. The highest BCUT2D eigenvalue weighted by atomic mass is 16.5. The summed E-state index contributed by atoms with van der Waals surface area (Å²) in [6.45, 7) is 2.89. The lowest BCUT2D eigenvalue weighted by Crippen LogP contribution is -2.55. The molecule has 0 saturated carbocycles. The standard InChI is InChI=1S/C11H17N2O3/c14-9-13-6-7-16-8-10(13)11(15)12-4-2-1-3-5-12/h10H,1-8H2. The van der Waals surface area contributed by atoms with E-state index in [9.17, 15) is 9.59 Å². The van der Waals surface area contributed by atoms with Crippen LogP contribution in [0.1, 0.15) is 19.3 Å². The van der Waals surface area contributed by atoms with Crippen LogP contribution in [-0.4, -0.2) is 61.0 Å². The number of nitrogens with zero attached hydrogens (tertiary/aromatic N) is 2. The second-order valence-corrected chi connectivity index (χ2v) is 4.26. The van der Waals surface area contributed by atoms with Crippen molar-refractivity contribution in [1.29, 1.82) is 0 Å². The van der Waals surface area contributed by atoms with Crippen molar-refractivity contribution in [2.75, 3.05) is 32.8 Å². The van der Waals surface area contributed by atoms with E-state index in [-0.39, 0.29) is 5.91 Å². The fourth-order valence-electron chi connectivity index (χ4n) is 2.24. The molecule has 1 radical (unpaired) electrons. The lowest BCUT2D eigenvalue weighted by Gasteiger charge is -2.36. The summed E-state index contributed by atoms with van der Waals surface area (Å²) in [5.41, 5.74) is 0. The van der Waals surface area contributed by atoms with Gasteiger partial charge in [-0.2, -0.15) is 0 Å². The summed E-state index contributed by atoms with van der Waals surface area (Å²) in [5, 5.41) is 0. The molecule has 2 amide bonds. The molecule has 0 aliphatic carbocycles. The number of carbonyl (C=O) groups excluding carboxylic acids is 2. The Morgan fingerprint density at radius 1 is 1.19 bits per heavy atom. The molecule has 2 saturated heterocycles. The van der Waals surface area contributed by atoms with E-state index in [1.54, 1.807) is 0 Å². The SMILES string of the molecule is O=[C]N1CCOCC1C(=O)N1CCCCC1. The monoisotopic (exact) mass is 225 g/mol. The van der Waals surface area contributed by atoms with Crippen molar-refractivity contribution in [3.8, 4) is 0 Å². The van der Waals surface area contributed by atoms with Gasteiger partial charge in [-0.05, 0) is 19.3 Å². The van der Waals surface area contributed by atoms with Crippen LogP contribution >= 0.6 is 0 Å². The molecule has 0 aromatic heterocycles. The van der Waals surface area contributed by atoms with Gasteiger partial charge in [0.25, 0.3) is 0 Å². The molecule has 0 aromatic rings. The van der Waals surface area contributed by atoms with Gasteiger partial charge in [0.15, 0.2) is 0 Å². The number of hydrogen-bond donors (Lipinski definition) is 0. The maximum atomic E-state index is 12.1. The minimum Gasteiger partial charge on any atom is -0.377 e. The third-order valence-corrected chi connectivity index (χ3v) is 3.20. The molecular formula is C11H17N2O3. The molecule has 2 fully saturated rings. The van der Waals surface area contributed by atoms with Crippen LogP contribution in [0.25, 0.3) is 0 Å². The van der Waals surface area contributed by atoms with E-state index in [0.29, 0.717) is 19.8 Å². The largest absolute Gasteiger partial charge is 0.377 e. The Morgan fingerprint density at radius 2 is 1.94 bits per heavy atom. The van der Waals surface area contributed by atoms with Gasteiger partial charge in [0.05, 0.1) is 13.2 Å². The van der Waals surface area contributed by atoms with Crippen molar-refractivity contribution < 1.29 is 14.3 Å². The van der Waals surface area contributed by atoms with Crippen LogP contribution in [0.5, 0.6) is 0 Å². The van der Waals surface area contributed by atoms with E-state index in [1.807, 2.05) is 11.3 Å². The van der Waals surface area contributed by atoms with E-state index < -0.39 is 6.04 Å². The van der Waals surface area contributed by atoms with Gasteiger partial charge in [-0.25, -0.2) is 0 Å². The fourth-order valence-corrected chi connectivity index (χ4v) is 2.24. The molecule has 0 spiro atoms. The van der Waals surface area contributed by atoms with Gasteiger partial charge in [0, 0.05) is 19.6 Å². The Kier molecular flexibility index (Phi) is 3.77. The predicted molar refractivity (Wildman–Crippen MR) is 57.4 cm³/mol. The Hall–Kier alpha value is -1.10. The van der Waals surface area contributed by atoms with E-state index in [2.05, 4.69) is 0 Å². The average Bonchev–Trinajstić information content (AvgIpc) is 2.39. The Morgan fingerprint density at radius 3 is 2.62 bits per heavy atom. The maximum Gasteiger partial charge on any atom is 0.312 e. The molecule has 1 unspecified atom stereocenters. The van der Waals surface area contributed by atoms with Gasteiger partial charge in [0.2, 0.25) is 5.91 Å². The number of carbonyl (C=O) groups is 1. The van der Waals surface area contributed by atoms with Gasteiger partial charge in [0.1, 0.15) is 6.04 Å². The smallest absolute Gasteiger partial charge is 0.312 e. The Labute approximate surface area is 95.3 Å². The number of amides is 2. The fraction of sp³-hybridized carbons (Fsp3) is 0.818. The molecule has 16 heavy (non-hydrogen) atoms. The van der Waals surface area contributed by atoms with E-state index in [4.69, 9.17) is 4.74 Å². The van der Waals surface area contributed by atoms with Crippen LogP contribution in [0.3, 0.4) is 0 Å². The summed E-state index contributed by atoms with van der Waals surface area (Å²) in [6.07, 6.45) is 5.14. The van der Waals surface area contributed by atoms with E-state index in [0.717, 1.165) is 25.9 Å². The van der Waals surface area contributed by atoms with E-state index >= 15 is 0 Å². The minimum atomic E-state index is -0.454. The third-order valence-electron chi connectivity index (χ3n) is 3.20. The van der Waals surface area contributed by atoms with Crippen LogP contribution in [0.15, 0.2) is 0 Å².